The lowest BCUT2D eigenvalue weighted by atomic mass is 9.59. The summed E-state index contributed by atoms with van der Waals surface area (Å²) in [5, 5.41) is 13.6. The standard InChI is InChI=1S/C18H26N2S/c1-14-5-7-16(8-6-14)21-15(2)18(17(3,4)13-19)9-11-20-12-10-18/h5-8,15,20H,9-12H2,1-4H3. The van der Waals surface area contributed by atoms with E-state index in [0.29, 0.717) is 5.25 Å². The van der Waals surface area contributed by atoms with Gasteiger partial charge in [0.15, 0.2) is 0 Å². The molecule has 1 saturated heterocycles. The van der Waals surface area contributed by atoms with E-state index in [1.165, 1.54) is 10.5 Å². The second-order valence-electron chi connectivity index (χ2n) is 6.72. The SMILES string of the molecule is Cc1ccc(SC(C)C2(C(C)(C)C#N)CCNCC2)cc1. The van der Waals surface area contributed by atoms with Crippen molar-refractivity contribution in [2.24, 2.45) is 10.8 Å². The fourth-order valence-electron chi connectivity index (χ4n) is 3.46. The van der Waals surface area contributed by atoms with Crippen molar-refractivity contribution in [1.82, 2.24) is 5.32 Å². The van der Waals surface area contributed by atoms with E-state index in [4.69, 9.17) is 0 Å². The summed E-state index contributed by atoms with van der Waals surface area (Å²) in [6.45, 7) is 10.7. The fraction of sp³-hybridized carbons (Fsp3) is 0.611. The van der Waals surface area contributed by atoms with Crippen molar-refractivity contribution in [3.05, 3.63) is 29.8 Å². The Morgan fingerprint density at radius 1 is 1.24 bits per heavy atom. The number of aryl methyl sites for hydroxylation is 1. The van der Waals surface area contributed by atoms with Crippen LogP contribution in [-0.4, -0.2) is 18.3 Å². The van der Waals surface area contributed by atoms with Gasteiger partial charge in [0.1, 0.15) is 0 Å². The molecule has 1 atom stereocenters. The zero-order valence-electron chi connectivity index (χ0n) is 13.6. The van der Waals surface area contributed by atoms with Crippen molar-refractivity contribution in [3.63, 3.8) is 0 Å². The van der Waals surface area contributed by atoms with Gasteiger partial charge in [0.2, 0.25) is 0 Å². The largest absolute Gasteiger partial charge is 0.317 e. The molecule has 114 valence electrons. The summed E-state index contributed by atoms with van der Waals surface area (Å²) in [6.07, 6.45) is 2.15. The highest BCUT2D eigenvalue weighted by Gasteiger charge is 2.49. The van der Waals surface area contributed by atoms with Gasteiger partial charge in [-0.25, -0.2) is 0 Å². The number of piperidine rings is 1. The lowest BCUT2D eigenvalue weighted by molar-refractivity contribution is 0.0780. The Bertz CT molecular complexity index is 507. The van der Waals surface area contributed by atoms with Crippen LogP contribution in [-0.2, 0) is 0 Å². The molecular weight excluding hydrogens is 276 g/mol. The van der Waals surface area contributed by atoms with Gasteiger partial charge in [-0.1, -0.05) is 24.6 Å². The van der Waals surface area contributed by atoms with Gasteiger partial charge in [-0.15, -0.1) is 11.8 Å². The molecule has 1 unspecified atom stereocenters. The number of nitriles is 1. The maximum atomic E-state index is 9.68. The van der Waals surface area contributed by atoms with Crippen LogP contribution in [0.5, 0.6) is 0 Å². The molecule has 1 N–H and O–H groups in total. The number of rotatable bonds is 4. The predicted octanol–water partition coefficient (Wildman–Crippen LogP) is 4.40. The number of nitrogens with one attached hydrogen (secondary N) is 1. The first-order chi connectivity index (χ1) is 9.91. The molecule has 0 aromatic heterocycles. The third-order valence-electron chi connectivity index (χ3n) is 5.13. The summed E-state index contributed by atoms with van der Waals surface area (Å²) in [6, 6.07) is 11.3. The molecule has 1 fully saturated rings. The van der Waals surface area contributed by atoms with Crippen molar-refractivity contribution in [2.45, 2.75) is 50.7 Å². The normalized spacial score (nSPS) is 19.8. The van der Waals surface area contributed by atoms with Crippen LogP contribution in [0.4, 0.5) is 0 Å². The second kappa shape index (κ2) is 6.42. The van der Waals surface area contributed by atoms with Crippen LogP contribution in [0.2, 0.25) is 0 Å². The molecule has 3 heteroatoms. The fourth-order valence-corrected chi connectivity index (χ4v) is 4.92. The van der Waals surface area contributed by atoms with E-state index >= 15 is 0 Å². The summed E-state index contributed by atoms with van der Waals surface area (Å²) >= 11 is 1.92. The molecule has 21 heavy (non-hydrogen) atoms. The molecule has 1 aliphatic heterocycles. The van der Waals surface area contributed by atoms with Crippen LogP contribution < -0.4 is 5.32 Å². The number of hydrogen-bond donors (Lipinski definition) is 1. The number of nitrogens with zero attached hydrogens (tertiary/aromatic N) is 1. The maximum absolute atomic E-state index is 9.68. The molecule has 0 spiro atoms. The Balaban J connectivity index is 2.24. The molecule has 1 aromatic rings. The summed E-state index contributed by atoms with van der Waals surface area (Å²) in [5.74, 6) is 0. The molecule has 0 bridgehead atoms. The molecule has 0 saturated carbocycles. The van der Waals surface area contributed by atoms with Crippen LogP contribution in [0, 0.1) is 29.1 Å². The minimum absolute atomic E-state index is 0.0720. The van der Waals surface area contributed by atoms with Crippen molar-refractivity contribution in [2.75, 3.05) is 13.1 Å². The second-order valence-corrected chi connectivity index (χ2v) is 8.13. The van der Waals surface area contributed by atoms with E-state index in [-0.39, 0.29) is 10.8 Å². The van der Waals surface area contributed by atoms with E-state index < -0.39 is 0 Å². The lowest BCUT2D eigenvalue weighted by Crippen LogP contribution is -2.50. The number of thioether (sulfide) groups is 1. The van der Waals surface area contributed by atoms with E-state index in [0.717, 1.165) is 25.9 Å². The number of hydrogen-bond acceptors (Lipinski definition) is 3. The first kappa shape index (κ1) is 16.4. The third-order valence-corrected chi connectivity index (χ3v) is 6.48. The zero-order chi connectivity index (χ0) is 15.5. The minimum atomic E-state index is -0.299. The first-order valence-electron chi connectivity index (χ1n) is 7.77. The molecule has 0 radical (unpaired) electrons. The van der Waals surface area contributed by atoms with E-state index in [1.54, 1.807) is 0 Å². The van der Waals surface area contributed by atoms with Gasteiger partial charge in [0.05, 0.1) is 11.5 Å². The summed E-state index contributed by atoms with van der Waals surface area (Å²) in [4.78, 5) is 1.31. The molecule has 1 aromatic carbocycles. The van der Waals surface area contributed by atoms with Gasteiger partial charge in [0.25, 0.3) is 0 Å². The van der Waals surface area contributed by atoms with Crippen LogP contribution in [0.25, 0.3) is 0 Å². The van der Waals surface area contributed by atoms with Gasteiger partial charge in [-0.2, -0.15) is 5.26 Å². The molecule has 2 nitrogen and oxygen atoms in total. The van der Waals surface area contributed by atoms with E-state index in [9.17, 15) is 5.26 Å². The van der Waals surface area contributed by atoms with Gasteiger partial charge < -0.3 is 5.32 Å². The van der Waals surface area contributed by atoms with Gasteiger partial charge in [0, 0.05) is 15.6 Å². The minimum Gasteiger partial charge on any atom is -0.317 e. The van der Waals surface area contributed by atoms with Crippen molar-refractivity contribution < 1.29 is 0 Å². The Morgan fingerprint density at radius 3 is 2.33 bits per heavy atom. The molecule has 1 heterocycles. The quantitative estimate of drug-likeness (QED) is 0.838. The van der Waals surface area contributed by atoms with Gasteiger partial charge in [-0.05, 0) is 58.8 Å². The smallest absolute Gasteiger partial charge is 0.0690 e. The van der Waals surface area contributed by atoms with Crippen LogP contribution >= 0.6 is 11.8 Å². The zero-order valence-corrected chi connectivity index (χ0v) is 14.4. The van der Waals surface area contributed by atoms with Crippen LogP contribution in [0.15, 0.2) is 29.2 Å². The van der Waals surface area contributed by atoms with Crippen molar-refractivity contribution in [3.8, 4) is 6.07 Å². The van der Waals surface area contributed by atoms with Crippen molar-refractivity contribution in [1.29, 1.82) is 5.26 Å². The van der Waals surface area contributed by atoms with Gasteiger partial charge >= 0.3 is 0 Å². The maximum Gasteiger partial charge on any atom is 0.0690 e. The van der Waals surface area contributed by atoms with E-state index in [1.807, 2.05) is 11.8 Å². The Labute approximate surface area is 133 Å². The number of benzene rings is 1. The predicted molar refractivity (Wildman–Crippen MR) is 90.4 cm³/mol. The van der Waals surface area contributed by atoms with E-state index in [2.05, 4.69) is 63.3 Å². The topological polar surface area (TPSA) is 35.8 Å². The Morgan fingerprint density at radius 2 is 1.81 bits per heavy atom. The summed E-state index contributed by atoms with van der Waals surface area (Å²) in [5.41, 5.74) is 1.07. The average Bonchev–Trinajstić information content (AvgIpc) is 2.50. The molecule has 1 aliphatic rings. The average molecular weight is 302 g/mol. The molecular formula is C18H26N2S. The third kappa shape index (κ3) is 3.27. The monoisotopic (exact) mass is 302 g/mol. The highest BCUT2D eigenvalue weighted by Crippen LogP contribution is 2.53. The molecule has 0 aliphatic carbocycles. The van der Waals surface area contributed by atoms with Gasteiger partial charge in [-0.3, -0.25) is 0 Å². The Kier molecular flexibility index (Phi) is 5.01. The van der Waals surface area contributed by atoms with Crippen LogP contribution in [0.3, 0.4) is 0 Å². The van der Waals surface area contributed by atoms with Crippen molar-refractivity contribution >= 4 is 11.8 Å². The highest BCUT2D eigenvalue weighted by atomic mass is 32.2. The summed E-state index contributed by atoms with van der Waals surface area (Å²) < 4.78 is 0. The molecule has 0 amide bonds. The lowest BCUT2D eigenvalue weighted by Gasteiger charge is -2.49. The first-order valence-corrected chi connectivity index (χ1v) is 8.64. The summed E-state index contributed by atoms with van der Waals surface area (Å²) in [7, 11) is 0. The van der Waals surface area contributed by atoms with Crippen LogP contribution in [0.1, 0.15) is 39.2 Å². The highest BCUT2D eigenvalue weighted by molar-refractivity contribution is 8.00. The molecule has 2 rings (SSSR count). The Hall–Kier alpha value is -0.980.